The number of para-hydroxylation sites is 1. The number of anilines is 1. The van der Waals surface area contributed by atoms with E-state index in [4.69, 9.17) is 0 Å². The van der Waals surface area contributed by atoms with Gasteiger partial charge in [0.2, 0.25) is 0 Å². The summed E-state index contributed by atoms with van der Waals surface area (Å²) in [7, 11) is 0. The Morgan fingerprint density at radius 2 is 1.39 bits per heavy atom. The van der Waals surface area contributed by atoms with Crippen LogP contribution in [0.4, 0.5) is 5.82 Å². The number of fused-ring (bicyclic) bond motifs is 1. The van der Waals surface area contributed by atoms with Crippen LogP contribution in [-0.2, 0) is 4.79 Å². The Morgan fingerprint density at radius 1 is 0.750 bits per heavy atom. The molecule has 0 aliphatic carbocycles. The SMILES string of the molecule is Cl.O=C(Nc1ccc2ccccc2n1)/C(=C/c1ccccc1)c1ccccc1. The van der Waals surface area contributed by atoms with Crippen molar-refractivity contribution in [3.63, 3.8) is 0 Å². The van der Waals surface area contributed by atoms with E-state index in [9.17, 15) is 4.79 Å². The molecule has 1 aromatic heterocycles. The van der Waals surface area contributed by atoms with E-state index < -0.39 is 0 Å². The van der Waals surface area contributed by atoms with Crippen molar-refractivity contribution in [1.82, 2.24) is 4.98 Å². The number of amides is 1. The Bertz CT molecular complexity index is 1110. The smallest absolute Gasteiger partial charge is 0.257 e. The van der Waals surface area contributed by atoms with Crippen molar-refractivity contribution < 1.29 is 4.79 Å². The van der Waals surface area contributed by atoms with E-state index in [-0.39, 0.29) is 18.3 Å². The average molecular weight is 387 g/mol. The lowest BCUT2D eigenvalue weighted by Gasteiger charge is -2.10. The molecule has 1 amide bonds. The van der Waals surface area contributed by atoms with Crippen molar-refractivity contribution >= 4 is 46.7 Å². The van der Waals surface area contributed by atoms with Gasteiger partial charge < -0.3 is 5.32 Å². The van der Waals surface area contributed by atoms with Crippen molar-refractivity contribution in [2.45, 2.75) is 0 Å². The van der Waals surface area contributed by atoms with Crippen LogP contribution in [0, 0.1) is 0 Å². The Labute approximate surface area is 170 Å². The molecule has 3 aromatic carbocycles. The normalized spacial score (nSPS) is 10.9. The molecule has 0 saturated carbocycles. The van der Waals surface area contributed by atoms with E-state index in [1.807, 2.05) is 103 Å². The van der Waals surface area contributed by atoms with E-state index >= 15 is 0 Å². The average Bonchev–Trinajstić information content (AvgIpc) is 2.73. The molecule has 0 bridgehead atoms. The van der Waals surface area contributed by atoms with Gasteiger partial charge in [0.25, 0.3) is 5.91 Å². The number of pyridine rings is 1. The van der Waals surface area contributed by atoms with Crippen molar-refractivity contribution in [2.24, 2.45) is 0 Å². The van der Waals surface area contributed by atoms with Crippen molar-refractivity contribution in [1.29, 1.82) is 0 Å². The number of aromatic nitrogens is 1. The minimum absolute atomic E-state index is 0. The molecule has 0 spiro atoms. The first kappa shape index (κ1) is 19.3. The van der Waals surface area contributed by atoms with Gasteiger partial charge in [0.05, 0.1) is 5.52 Å². The van der Waals surface area contributed by atoms with Crippen LogP contribution in [0.15, 0.2) is 97.1 Å². The zero-order valence-electron chi connectivity index (χ0n) is 15.1. The molecule has 138 valence electrons. The van der Waals surface area contributed by atoms with Gasteiger partial charge in [-0.3, -0.25) is 4.79 Å². The third-order valence-corrected chi connectivity index (χ3v) is 4.28. The molecule has 0 aliphatic heterocycles. The second kappa shape index (κ2) is 8.98. The number of hydrogen-bond acceptors (Lipinski definition) is 2. The highest BCUT2D eigenvalue weighted by Gasteiger charge is 2.13. The van der Waals surface area contributed by atoms with Crippen LogP contribution in [0.2, 0.25) is 0 Å². The summed E-state index contributed by atoms with van der Waals surface area (Å²) in [6.45, 7) is 0. The molecule has 4 rings (SSSR count). The first-order valence-electron chi connectivity index (χ1n) is 8.79. The molecule has 0 unspecified atom stereocenters. The Hall–Kier alpha value is -3.43. The highest BCUT2D eigenvalue weighted by molar-refractivity contribution is 6.29. The number of carbonyl (C=O) groups excluding carboxylic acids is 1. The maximum Gasteiger partial charge on any atom is 0.257 e. The van der Waals surface area contributed by atoms with E-state index in [1.54, 1.807) is 0 Å². The van der Waals surface area contributed by atoms with Crippen LogP contribution in [0.25, 0.3) is 22.6 Å². The Kier molecular flexibility index (Phi) is 6.20. The second-order valence-electron chi connectivity index (χ2n) is 6.18. The van der Waals surface area contributed by atoms with Gasteiger partial charge in [-0.25, -0.2) is 4.98 Å². The second-order valence-corrected chi connectivity index (χ2v) is 6.18. The third-order valence-electron chi connectivity index (χ3n) is 4.28. The highest BCUT2D eigenvalue weighted by Crippen LogP contribution is 2.21. The fraction of sp³-hybridized carbons (Fsp3) is 0. The number of nitrogens with one attached hydrogen (secondary N) is 1. The molecule has 0 radical (unpaired) electrons. The van der Waals surface area contributed by atoms with Gasteiger partial charge in [-0.05, 0) is 35.4 Å². The van der Waals surface area contributed by atoms with Gasteiger partial charge in [0, 0.05) is 11.0 Å². The van der Waals surface area contributed by atoms with E-state index in [2.05, 4.69) is 10.3 Å². The summed E-state index contributed by atoms with van der Waals surface area (Å²) in [5.41, 5.74) is 3.28. The van der Waals surface area contributed by atoms with Gasteiger partial charge in [0.15, 0.2) is 0 Å². The lowest BCUT2D eigenvalue weighted by molar-refractivity contribution is -0.111. The molecule has 0 aliphatic rings. The molecule has 1 heterocycles. The van der Waals surface area contributed by atoms with Gasteiger partial charge in [0.1, 0.15) is 5.82 Å². The molecule has 4 aromatic rings. The predicted octanol–water partition coefficient (Wildman–Crippen LogP) is 5.84. The standard InChI is InChI=1S/C24H18N2O.ClH/c27-24(26-23-16-15-20-13-7-8-14-22(20)25-23)21(19-11-5-2-6-12-19)17-18-9-3-1-4-10-18;/h1-17H,(H,25,26,27);1H/b21-17+;. The summed E-state index contributed by atoms with van der Waals surface area (Å²) >= 11 is 0. The van der Waals surface area contributed by atoms with Gasteiger partial charge in [-0.1, -0.05) is 78.9 Å². The Balaban J connectivity index is 0.00000225. The minimum atomic E-state index is -0.187. The zero-order valence-corrected chi connectivity index (χ0v) is 15.9. The molecule has 28 heavy (non-hydrogen) atoms. The summed E-state index contributed by atoms with van der Waals surface area (Å²) in [5.74, 6) is 0.349. The molecule has 0 fully saturated rings. The van der Waals surface area contributed by atoms with Crippen LogP contribution < -0.4 is 5.32 Å². The summed E-state index contributed by atoms with van der Waals surface area (Å²) < 4.78 is 0. The number of halogens is 1. The molecule has 0 saturated heterocycles. The van der Waals surface area contributed by atoms with Crippen molar-refractivity contribution in [2.75, 3.05) is 5.32 Å². The third kappa shape index (κ3) is 4.45. The Morgan fingerprint density at radius 3 is 2.14 bits per heavy atom. The van der Waals surface area contributed by atoms with Gasteiger partial charge >= 0.3 is 0 Å². The number of benzene rings is 3. The molecule has 4 heteroatoms. The van der Waals surface area contributed by atoms with E-state index in [0.29, 0.717) is 11.4 Å². The number of rotatable bonds is 4. The molecular formula is C24H19ClN2O. The quantitative estimate of drug-likeness (QED) is 0.354. The van der Waals surface area contributed by atoms with E-state index in [1.165, 1.54) is 0 Å². The maximum absolute atomic E-state index is 13.0. The lowest BCUT2D eigenvalue weighted by atomic mass is 10.0. The predicted molar refractivity (Wildman–Crippen MR) is 118 cm³/mol. The monoisotopic (exact) mass is 386 g/mol. The molecular weight excluding hydrogens is 368 g/mol. The fourth-order valence-electron chi connectivity index (χ4n) is 2.93. The van der Waals surface area contributed by atoms with Gasteiger partial charge in [-0.15, -0.1) is 12.4 Å². The molecule has 3 nitrogen and oxygen atoms in total. The summed E-state index contributed by atoms with van der Waals surface area (Å²) in [5, 5.41) is 3.97. The van der Waals surface area contributed by atoms with E-state index in [0.717, 1.165) is 22.0 Å². The molecule has 0 atom stereocenters. The number of carbonyl (C=O) groups is 1. The minimum Gasteiger partial charge on any atom is -0.307 e. The number of hydrogen-bond donors (Lipinski definition) is 1. The fourth-order valence-corrected chi connectivity index (χ4v) is 2.93. The topological polar surface area (TPSA) is 42.0 Å². The lowest BCUT2D eigenvalue weighted by Crippen LogP contribution is -2.14. The van der Waals surface area contributed by atoms with Gasteiger partial charge in [-0.2, -0.15) is 0 Å². The van der Waals surface area contributed by atoms with Crippen LogP contribution >= 0.6 is 12.4 Å². The first-order valence-corrected chi connectivity index (χ1v) is 8.79. The van der Waals surface area contributed by atoms with Crippen LogP contribution in [0.3, 0.4) is 0 Å². The number of nitrogens with zero attached hydrogens (tertiary/aromatic N) is 1. The summed E-state index contributed by atoms with van der Waals surface area (Å²) in [6.07, 6.45) is 1.89. The first-order chi connectivity index (χ1) is 13.3. The van der Waals surface area contributed by atoms with Crippen molar-refractivity contribution in [3.8, 4) is 0 Å². The van der Waals surface area contributed by atoms with Crippen LogP contribution in [-0.4, -0.2) is 10.9 Å². The van der Waals surface area contributed by atoms with Crippen LogP contribution in [0.1, 0.15) is 11.1 Å². The highest BCUT2D eigenvalue weighted by atomic mass is 35.5. The zero-order chi connectivity index (χ0) is 18.5. The van der Waals surface area contributed by atoms with Crippen molar-refractivity contribution in [3.05, 3.63) is 108 Å². The maximum atomic E-state index is 13.0. The largest absolute Gasteiger partial charge is 0.307 e. The molecule has 1 N–H and O–H groups in total. The van der Waals surface area contributed by atoms with Crippen LogP contribution in [0.5, 0.6) is 0 Å². The summed E-state index contributed by atoms with van der Waals surface area (Å²) in [4.78, 5) is 17.6. The summed E-state index contributed by atoms with van der Waals surface area (Å²) in [6, 6.07) is 31.1.